The van der Waals surface area contributed by atoms with Gasteiger partial charge in [-0.2, -0.15) is 24.4 Å². The smallest absolute Gasteiger partial charge is 0.000374 e. The highest BCUT2D eigenvalue weighted by molar-refractivity contribution is 7.98. The van der Waals surface area contributed by atoms with E-state index in [4.69, 9.17) is 0 Å². The average Bonchev–Trinajstić information content (AvgIpc) is 1.61. The zero-order valence-corrected chi connectivity index (χ0v) is 6.56. The van der Waals surface area contributed by atoms with Crippen molar-refractivity contribution in [1.29, 1.82) is 0 Å². The molecule has 0 aliphatic carbocycles. The molecular weight excluding hydrogens is 124 g/mol. The largest absolute Gasteiger partial charge is 0.176 e. The molecule has 44 valence electrons. The van der Waals surface area contributed by atoms with E-state index < -0.39 is 0 Å². The minimum atomic E-state index is 0.576. The van der Waals surface area contributed by atoms with Gasteiger partial charge >= 0.3 is 0 Å². The normalized spacial score (nSPS) is 14.1. The Balaban J connectivity index is 2.68. The summed E-state index contributed by atoms with van der Waals surface area (Å²) >= 11 is 6.10. The van der Waals surface area contributed by atoms with Gasteiger partial charge in [-0.1, -0.05) is 6.92 Å². The lowest BCUT2D eigenvalue weighted by atomic mass is 10.4. The maximum Gasteiger partial charge on any atom is -0.000374 e. The maximum absolute atomic E-state index is 4.22. The van der Waals surface area contributed by atoms with Gasteiger partial charge in [0.15, 0.2) is 0 Å². The summed E-state index contributed by atoms with van der Waals surface area (Å²) in [7, 11) is 0. The van der Waals surface area contributed by atoms with Crippen LogP contribution in [0, 0.1) is 0 Å². The molecule has 0 fully saturated rings. The third-order valence-corrected chi connectivity index (χ3v) is 1.64. The molecule has 2 heteroatoms. The molecule has 0 nitrogen and oxygen atoms in total. The summed E-state index contributed by atoms with van der Waals surface area (Å²) < 4.78 is 0. The fourth-order valence-electron chi connectivity index (χ4n) is 0.288. The quantitative estimate of drug-likeness (QED) is 0.579. The van der Waals surface area contributed by atoms with Gasteiger partial charge in [0.2, 0.25) is 0 Å². The van der Waals surface area contributed by atoms with Crippen LogP contribution >= 0.6 is 24.4 Å². The van der Waals surface area contributed by atoms with Gasteiger partial charge in [0.1, 0.15) is 0 Å². The van der Waals surface area contributed by atoms with Gasteiger partial charge in [0.25, 0.3) is 0 Å². The van der Waals surface area contributed by atoms with Gasteiger partial charge in [-0.25, -0.2) is 0 Å². The highest BCUT2D eigenvalue weighted by atomic mass is 32.2. The van der Waals surface area contributed by atoms with Crippen LogP contribution in [0.1, 0.15) is 13.3 Å². The van der Waals surface area contributed by atoms with Crippen LogP contribution in [0.3, 0.4) is 0 Å². The summed E-state index contributed by atoms with van der Waals surface area (Å²) in [6.07, 6.45) is 3.35. The molecule has 0 amide bonds. The van der Waals surface area contributed by atoms with E-state index >= 15 is 0 Å². The molecule has 0 aliphatic rings. The van der Waals surface area contributed by atoms with Crippen LogP contribution < -0.4 is 0 Å². The third kappa shape index (κ3) is 6.70. The second-order valence-electron chi connectivity index (χ2n) is 1.63. The fourth-order valence-corrected chi connectivity index (χ4v) is 1.18. The first-order valence-electron chi connectivity index (χ1n) is 2.44. The molecule has 1 atom stereocenters. The van der Waals surface area contributed by atoms with Crippen LogP contribution in [0.4, 0.5) is 0 Å². The van der Waals surface area contributed by atoms with E-state index in [9.17, 15) is 0 Å². The minimum Gasteiger partial charge on any atom is -0.176 e. The second-order valence-corrected chi connectivity index (χ2v) is 3.50. The molecule has 0 rings (SSSR count). The average molecular weight is 136 g/mol. The zero-order valence-electron chi connectivity index (χ0n) is 4.85. The molecule has 0 N–H and O–H groups in total. The van der Waals surface area contributed by atoms with Crippen molar-refractivity contribution in [2.24, 2.45) is 0 Å². The summed E-state index contributed by atoms with van der Waals surface area (Å²) in [5.41, 5.74) is 0. The zero-order chi connectivity index (χ0) is 5.70. The van der Waals surface area contributed by atoms with Crippen LogP contribution in [0.5, 0.6) is 0 Å². The maximum atomic E-state index is 4.22. The summed E-state index contributed by atoms with van der Waals surface area (Å²) in [5.74, 6) is 1.24. The molecule has 0 aromatic carbocycles. The minimum absolute atomic E-state index is 0.576. The highest BCUT2D eigenvalue weighted by Crippen LogP contribution is 2.03. The number of thioether (sulfide) groups is 1. The van der Waals surface area contributed by atoms with Crippen LogP contribution in [0.25, 0.3) is 0 Å². The second kappa shape index (κ2) is 4.85. The number of rotatable bonds is 3. The predicted molar refractivity (Wildman–Crippen MR) is 41.4 cm³/mol. The fraction of sp³-hybridized carbons (Fsp3) is 1.00. The Labute approximate surface area is 55.5 Å². The highest BCUT2D eigenvalue weighted by Gasteiger charge is 1.89. The number of hydrogen-bond donors (Lipinski definition) is 1. The number of thiol groups is 1. The predicted octanol–water partition coefficient (Wildman–Crippen LogP) is 2.06. The molecule has 7 heavy (non-hydrogen) atoms. The summed E-state index contributed by atoms with van der Waals surface area (Å²) in [6.45, 7) is 2.12. The molecule has 0 saturated heterocycles. The lowest BCUT2D eigenvalue weighted by Gasteiger charge is -1.98. The van der Waals surface area contributed by atoms with Crippen molar-refractivity contribution < 1.29 is 0 Å². The van der Waals surface area contributed by atoms with Crippen molar-refractivity contribution in [3.8, 4) is 0 Å². The van der Waals surface area contributed by atoms with E-state index in [2.05, 4.69) is 25.8 Å². The van der Waals surface area contributed by atoms with E-state index in [0.717, 1.165) is 0 Å². The monoisotopic (exact) mass is 136 g/mol. The molecule has 0 spiro atoms. The Hall–Kier alpha value is 0.700. The van der Waals surface area contributed by atoms with E-state index in [1.807, 2.05) is 11.8 Å². The van der Waals surface area contributed by atoms with Gasteiger partial charge in [0, 0.05) is 0 Å². The van der Waals surface area contributed by atoms with Crippen molar-refractivity contribution >= 4 is 24.4 Å². The number of hydrogen-bond acceptors (Lipinski definition) is 2. The van der Waals surface area contributed by atoms with Gasteiger partial charge < -0.3 is 0 Å². The van der Waals surface area contributed by atoms with E-state index in [0.29, 0.717) is 5.25 Å². The SMILES string of the molecule is CSCCC(C)S. The lowest BCUT2D eigenvalue weighted by molar-refractivity contribution is 0.925. The van der Waals surface area contributed by atoms with E-state index in [1.54, 1.807) is 0 Å². The first kappa shape index (κ1) is 7.70. The van der Waals surface area contributed by atoms with Crippen LogP contribution in [0.15, 0.2) is 0 Å². The molecule has 0 saturated carbocycles. The molecular formula is C5H12S2. The first-order chi connectivity index (χ1) is 3.27. The van der Waals surface area contributed by atoms with Crippen molar-refractivity contribution in [1.82, 2.24) is 0 Å². The molecule has 0 aliphatic heterocycles. The molecule has 0 heterocycles. The van der Waals surface area contributed by atoms with Crippen molar-refractivity contribution in [2.45, 2.75) is 18.6 Å². The Morgan fingerprint density at radius 1 is 1.71 bits per heavy atom. The van der Waals surface area contributed by atoms with E-state index in [1.165, 1.54) is 12.2 Å². The Morgan fingerprint density at radius 2 is 2.29 bits per heavy atom. The van der Waals surface area contributed by atoms with E-state index in [-0.39, 0.29) is 0 Å². The summed E-state index contributed by atoms with van der Waals surface area (Å²) in [5, 5.41) is 0.576. The van der Waals surface area contributed by atoms with Gasteiger partial charge in [-0.15, -0.1) is 0 Å². The molecule has 0 aromatic heterocycles. The van der Waals surface area contributed by atoms with Gasteiger partial charge in [0.05, 0.1) is 0 Å². The third-order valence-electron chi connectivity index (χ3n) is 0.740. The van der Waals surface area contributed by atoms with Crippen LogP contribution in [-0.2, 0) is 0 Å². The Morgan fingerprint density at radius 3 is 2.43 bits per heavy atom. The van der Waals surface area contributed by atoms with Crippen molar-refractivity contribution in [3.05, 3.63) is 0 Å². The summed E-state index contributed by atoms with van der Waals surface area (Å²) in [6, 6.07) is 0. The lowest BCUT2D eigenvalue weighted by Crippen LogP contribution is -1.91. The molecule has 0 aromatic rings. The first-order valence-corrected chi connectivity index (χ1v) is 4.35. The van der Waals surface area contributed by atoms with Gasteiger partial charge in [-0.3, -0.25) is 0 Å². The topological polar surface area (TPSA) is 0 Å². The van der Waals surface area contributed by atoms with Crippen molar-refractivity contribution in [2.75, 3.05) is 12.0 Å². The molecule has 0 radical (unpaired) electrons. The summed E-state index contributed by atoms with van der Waals surface area (Å²) in [4.78, 5) is 0. The molecule has 0 bridgehead atoms. The van der Waals surface area contributed by atoms with Crippen molar-refractivity contribution in [3.63, 3.8) is 0 Å². The van der Waals surface area contributed by atoms with Crippen LogP contribution in [0.2, 0.25) is 0 Å². The standard InChI is InChI=1S/C5H12S2/c1-5(6)3-4-7-2/h5-6H,3-4H2,1-2H3. The van der Waals surface area contributed by atoms with Crippen LogP contribution in [-0.4, -0.2) is 17.3 Å². The Kier molecular flexibility index (Phi) is 5.33. The molecule has 1 unspecified atom stereocenters. The van der Waals surface area contributed by atoms with Gasteiger partial charge in [-0.05, 0) is 23.7 Å². The Bertz CT molecular complexity index is 35.1.